The number of rotatable bonds is 1. The standard InChI is InChI=1S/C28H16BNO/c1-2-8-18(9-3-1)30-21-12-5-4-10-19(21)29-20-11-6-7-17-13-15-23-26(25(17)20)27-24(31-23)16-14-22(30)28(27)29/h1-16H. The van der Waals surface area contributed by atoms with E-state index in [1.807, 2.05) is 0 Å². The Morgan fingerprint density at radius 3 is 2.26 bits per heavy atom. The van der Waals surface area contributed by atoms with E-state index < -0.39 is 0 Å². The average molecular weight is 393 g/mol. The van der Waals surface area contributed by atoms with Crippen LogP contribution >= 0.6 is 0 Å². The first-order chi connectivity index (χ1) is 15.4. The summed E-state index contributed by atoms with van der Waals surface area (Å²) in [5.74, 6) is 0. The fraction of sp³-hybridized carbons (Fsp3) is 0. The van der Waals surface area contributed by atoms with Gasteiger partial charge < -0.3 is 9.32 Å². The third-order valence-corrected chi connectivity index (χ3v) is 7.04. The molecule has 0 amide bonds. The molecule has 2 nitrogen and oxygen atoms in total. The summed E-state index contributed by atoms with van der Waals surface area (Å²) in [6.07, 6.45) is 0. The van der Waals surface area contributed by atoms with E-state index in [0.717, 1.165) is 11.2 Å². The molecule has 1 aromatic heterocycles. The molecule has 0 bridgehead atoms. The number of benzene rings is 5. The van der Waals surface area contributed by atoms with Crippen LogP contribution in [0.2, 0.25) is 0 Å². The minimum absolute atomic E-state index is 0.203. The molecule has 0 N–H and O–H groups in total. The van der Waals surface area contributed by atoms with E-state index in [9.17, 15) is 0 Å². The largest absolute Gasteiger partial charge is 0.456 e. The van der Waals surface area contributed by atoms with E-state index in [1.165, 1.54) is 55.0 Å². The van der Waals surface area contributed by atoms with Crippen LogP contribution in [-0.2, 0) is 0 Å². The summed E-state index contributed by atoms with van der Waals surface area (Å²) in [5, 5.41) is 5.17. The molecule has 8 rings (SSSR count). The second-order valence-electron chi connectivity index (χ2n) is 8.52. The molecule has 5 aromatic carbocycles. The fourth-order valence-electron chi connectivity index (χ4n) is 5.90. The van der Waals surface area contributed by atoms with Crippen molar-refractivity contribution in [3.63, 3.8) is 0 Å². The molecule has 0 unspecified atom stereocenters. The molecule has 3 heteroatoms. The molecule has 142 valence electrons. The van der Waals surface area contributed by atoms with Gasteiger partial charge >= 0.3 is 0 Å². The molecule has 2 aliphatic rings. The number of para-hydroxylation sites is 2. The van der Waals surface area contributed by atoms with E-state index in [4.69, 9.17) is 4.42 Å². The van der Waals surface area contributed by atoms with Crippen molar-refractivity contribution in [1.82, 2.24) is 0 Å². The van der Waals surface area contributed by atoms with Gasteiger partial charge in [-0.2, -0.15) is 0 Å². The van der Waals surface area contributed by atoms with Crippen LogP contribution in [0.3, 0.4) is 0 Å². The smallest absolute Gasteiger partial charge is 0.248 e. The van der Waals surface area contributed by atoms with Gasteiger partial charge in [0.25, 0.3) is 0 Å². The zero-order valence-electron chi connectivity index (χ0n) is 16.7. The molecule has 31 heavy (non-hydrogen) atoms. The number of nitrogens with zero attached hydrogens (tertiary/aromatic N) is 1. The number of hydrogen-bond acceptors (Lipinski definition) is 2. The van der Waals surface area contributed by atoms with Gasteiger partial charge in [0.1, 0.15) is 11.2 Å². The van der Waals surface area contributed by atoms with Crippen molar-refractivity contribution in [2.24, 2.45) is 0 Å². The molecule has 6 aromatic rings. The third kappa shape index (κ3) is 1.81. The Kier molecular flexibility index (Phi) is 2.75. The maximum absolute atomic E-state index is 6.36. The molecule has 0 radical (unpaired) electrons. The maximum Gasteiger partial charge on any atom is 0.248 e. The summed E-state index contributed by atoms with van der Waals surface area (Å²) in [7, 11) is 0. The number of fused-ring (bicyclic) bond motifs is 3. The summed E-state index contributed by atoms with van der Waals surface area (Å²) < 4.78 is 6.36. The highest BCUT2D eigenvalue weighted by Crippen LogP contribution is 2.43. The van der Waals surface area contributed by atoms with Crippen LogP contribution in [0.5, 0.6) is 0 Å². The van der Waals surface area contributed by atoms with Gasteiger partial charge in [0, 0.05) is 27.8 Å². The Balaban J connectivity index is 1.63. The van der Waals surface area contributed by atoms with Gasteiger partial charge in [-0.3, -0.25) is 0 Å². The predicted octanol–water partition coefficient (Wildman–Crippen LogP) is 5.35. The maximum atomic E-state index is 6.36. The molecular weight excluding hydrogens is 377 g/mol. The van der Waals surface area contributed by atoms with Crippen LogP contribution in [0.15, 0.2) is 101 Å². The van der Waals surface area contributed by atoms with E-state index >= 15 is 0 Å². The van der Waals surface area contributed by atoms with E-state index in [1.54, 1.807) is 0 Å². The summed E-state index contributed by atoms with van der Waals surface area (Å²) in [4.78, 5) is 2.41. The average Bonchev–Trinajstić information content (AvgIpc) is 3.22. The highest BCUT2D eigenvalue weighted by atomic mass is 16.3. The second-order valence-corrected chi connectivity index (χ2v) is 8.52. The van der Waals surface area contributed by atoms with Crippen molar-refractivity contribution in [3.8, 4) is 0 Å². The van der Waals surface area contributed by atoms with Gasteiger partial charge in [0.05, 0.1) is 0 Å². The third-order valence-electron chi connectivity index (χ3n) is 7.04. The van der Waals surface area contributed by atoms with Crippen molar-refractivity contribution >= 4 is 72.9 Å². The van der Waals surface area contributed by atoms with Crippen molar-refractivity contribution in [2.45, 2.75) is 0 Å². The topological polar surface area (TPSA) is 16.4 Å². The summed E-state index contributed by atoms with van der Waals surface area (Å²) in [5.41, 5.74) is 9.73. The number of furan rings is 1. The first-order valence-electron chi connectivity index (χ1n) is 10.7. The van der Waals surface area contributed by atoms with Gasteiger partial charge in [-0.25, -0.2) is 0 Å². The molecule has 0 atom stereocenters. The fourth-order valence-corrected chi connectivity index (χ4v) is 5.90. The number of anilines is 3. The lowest BCUT2D eigenvalue weighted by Crippen LogP contribution is -2.58. The van der Waals surface area contributed by atoms with Gasteiger partial charge in [-0.05, 0) is 58.1 Å². The summed E-state index contributed by atoms with van der Waals surface area (Å²) in [6.45, 7) is 0.203. The van der Waals surface area contributed by atoms with Crippen LogP contribution in [0.25, 0.3) is 32.7 Å². The van der Waals surface area contributed by atoms with Crippen LogP contribution in [0, 0.1) is 0 Å². The van der Waals surface area contributed by atoms with Crippen LogP contribution in [-0.4, -0.2) is 6.71 Å². The summed E-state index contributed by atoms with van der Waals surface area (Å²) >= 11 is 0. The quantitative estimate of drug-likeness (QED) is 0.350. The lowest BCUT2D eigenvalue weighted by molar-refractivity contribution is 0.669. The van der Waals surface area contributed by atoms with Crippen LogP contribution in [0.1, 0.15) is 0 Å². The van der Waals surface area contributed by atoms with Gasteiger partial charge in [-0.15, -0.1) is 0 Å². The molecule has 0 saturated heterocycles. The van der Waals surface area contributed by atoms with Gasteiger partial charge in [0.2, 0.25) is 6.71 Å². The normalized spacial score (nSPS) is 13.7. The van der Waals surface area contributed by atoms with Crippen molar-refractivity contribution in [1.29, 1.82) is 0 Å². The lowest BCUT2D eigenvalue weighted by atomic mass is 9.33. The Hall–Kier alpha value is -3.98. The first kappa shape index (κ1) is 15.8. The SMILES string of the molecule is c1ccc(N2c3ccccc3B3c4cccc5ccc6oc7ccc2c3c7c6c45)cc1. The number of hydrogen-bond donors (Lipinski definition) is 0. The molecule has 3 heterocycles. The minimum atomic E-state index is 0.203. The van der Waals surface area contributed by atoms with E-state index in [-0.39, 0.29) is 6.71 Å². The minimum Gasteiger partial charge on any atom is -0.456 e. The van der Waals surface area contributed by atoms with Gasteiger partial charge in [0.15, 0.2) is 0 Å². The molecule has 2 aliphatic heterocycles. The molecule has 0 spiro atoms. The van der Waals surface area contributed by atoms with Crippen LogP contribution < -0.4 is 21.3 Å². The highest BCUT2D eigenvalue weighted by Gasteiger charge is 2.40. The Morgan fingerprint density at radius 1 is 0.548 bits per heavy atom. The highest BCUT2D eigenvalue weighted by molar-refractivity contribution is 7.02. The zero-order valence-corrected chi connectivity index (χ0v) is 16.7. The first-order valence-corrected chi connectivity index (χ1v) is 10.7. The van der Waals surface area contributed by atoms with Crippen LogP contribution in [0.4, 0.5) is 17.1 Å². The molecule has 0 aliphatic carbocycles. The van der Waals surface area contributed by atoms with Crippen molar-refractivity contribution in [3.05, 3.63) is 97.1 Å². The Bertz CT molecular complexity index is 1700. The van der Waals surface area contributed by atoms with Crippen molar-refractivity contribution in [2.75, 3.05) is 4.90 Å². The van der Waals surface area contributed by atoms with E-state index in [2.05, 4.69) is 102 Å². The zero-order chi connectivity index (χ0) is 20.1. The molecular formula is C28H16BNO. The predicted molar refractivity (Wildman–Crippen MR) is 131 cm³/mol. The van der Waals surface area contributed by atoms with Gasteiger partial charge in [-0.1, -0.05) is 66.1 Å². The van der Waals surface area contributed by atoms with E-state index in [0.29, 0.717) is 0 Å². The summed E-state index contributed by atoms with van der Waals surface area (Å²) in [6, 6.07) is 35.0. The second kappa shape index (κ2) is 5.38. The lowest BCUT2D eigenvalue weighted by Gasteiger charge is -2.38. The monoisotopic (exact) mass is 393 g/mol. The molecule has 0 saturated carbocycles. The van der Waals surface area contributed by atoms with Crippen molar-refractivity contribution < 1.29 is 4.42 Å². The Labute approximate surface area is 179 Å². The molecule has 0 fully saturated rings. The Morgan fingerprint density at radius 2 is 1.32 bits per heavy atom.